The van der Waals surface area contributed by atoms with Gasteiger partial charge in [0, 0.05) is 24.7 Å². The third-order valence-corrected chi connectivity index (χ3v) is 5.13. The Balaban J connectivity index is 2.26. The van der Waals surface area contributed by atoms with Gasteiger partial charge in [0.25, 0.3) is 5.91 Å². The Morgan fingerprint density at radius 1 is 1.18 bits per heavy atom. The standard InChI is InChI=1S/C24H31N3O6/c1-6-20(24(29)25-16(2)3)26(14-18-10-8-7-9-17(18)4)23(28)15-33-19-11-12-21(27(30)31)22(13-19)32-5/h7-13,16,20H,6,14-15H2,1-5H3,(H,25,29)/t20-/m0/s1. The fourth-order valence-electron chi connectivity index (χ4n) is 3.40. The number of nitrogens with zero attached hydrogens (tertiary/aromatic N) is 2. The van der Waals surface area contributed by atoms with Crippen molar-refractivity contribution < 1.29 is 24.0 Å². The smallest absolute Gasteiger partial charge is 0.311 e. The topological polar surface area (TPSA) is 111 Å². The van der Waals surface area contributed by atoms with Gasteiger partial charge < -0.3 is 19.7 Å². The van der Waals surface area contributed by atoms with Gasteiger partial charge in [0.05, 0.1) is 12.0 Å². The van der Waals surface area contributed by atoms with E-state index in [0.717, 1.165) is 11.1 Å². The third-order valence-electron chi connectivity index (χ3n) is 5.13. The summed E-state index contributed by atoms with van der Waals surface area (Å²) in [5, 5.41) is 14.0. The van der Waals surface area contributed by atoms with Gasteiger partial charge in [-0.15, -0.1) is 0 Å². The summed E-state index contributed by atoms with van der Waals surface area (Å²) in [5.41, 5.74) is 1.74. The summed E-state index contributed by atoms with van der Waals surface area (Å²) < 4.78 is 10.7. The number of carbonyl (C=O) groups excluding carboxylic acids is 2. The van der Waals surface area contributed by atoms with Crippen molar-refractivity contribution in [2.45, 2.75) is 52.7 Å². The highest BCUT2D eigenvalue weighted by molar-refractivity contribution is 5.88. The monoisotopic (exact) mass is 457 g/mol. The first kappa shape index (κ1) is 25.6. The van der Waals surface area contributed by atoms with Crippen LogP contribution in [0.5, 0.6) is 11.5 Å². The van der Waals surface area contributed by atoms with E-state index in [4.69, 9.17) is 9.47 Å². The van der Waals surface area contributed by atoms with Crippen molar-refractivity contribution in [3.63, 3.8) is 0 Å². The van der Waals surface area contributed by atoms with Crippen LogP contribution in [0.2, 0.25) is 0 Å². The van der Waals surface area contributed by atoms with Gasteiger partial charge in [-0.3, -0.25) is 19.7 Å². The summed E-state index contributed by atoms with van der Waals surface area (Å²) in [4.78, 5) is 38.1. The molecule has 0 fully saturated rings. The number of ether oxygens (including phenoxy) is 2. The van der Waals surface area contributed by atoms with E-state index in [9.17, 15) is 19.7 Å². The Morgan fingerprint density at radius 2 is 1.88 bits per heavy atom. The van der Waals surface area contributed by atoms with Crippen molar-refractivity contribution in [2.24, 2.45) is 0 Å². The molecule has 1 atom stereocenters. The maximum atomic E-state index is 13.2. The summed E-state index contributed by atoms with van der Waals surface area (Å²) in [6.45, 7) is 7.45. The van der Waals surface area contributed by atoms with Crippen LogP contribution in [0.3, 0.4) is 0 Å². The Bertz CT molecular complexity index is 992. The number of amides is 2. The summed E-state index contributed by atoms with van der Waals surface area (Å²) >= 11 is 0. The first-order valence-corrected chi connectivity index (χ1v) is 10.8. The van der Waals surface area contributed by atoms with Gasteiger partial charge in [0.15, 0.2) is 6.61 Å². The molecule has 2 aromatic carbocycles. The minimum atomic E-state index is -0.672. The molecular weight excluding hydrogens is 426 g/mol. The van der Waals surface area contributed by atoms with Crippen LogP contribution in [0.1, 0.15) is 38.3 Å². The average molecular weight is 458 g/mol. The third kappa shape index (κ3) is 6.93. The fraction of sp³-hybridized carbons (Fsp3) is 0.417. The number of nitrogens with one attached hydrogen (secondary N) is 1. The number of carbonyl (C=O) groups is 2. The molecule has 0 unspecified atom stereocenters. The Hall–Kier alpha value is -3.62. The molecule has 9 heteroatoms. The maximum Gasteiger partial charge on any atom is 0.311 e. The zero-order chi connectivity index (χ0) is 24.5. The van der Waals surface area contributed by atoms with E-state index in [-0.39, 0.29) is 48.2 Å². The minimum Gasteiger partial charge on any atom is -0.490 e. The highest BCUT2D eigenvalue weighted by Crippen LogP contribution is 2.30. The lowest BCUT2D eigenvalue weighted by Gasteiger charge is -2.31. The second kappa shape index (κ2) is 11.8. The molecule has 9 nitrogen and oxygen atoms in total. The highest BCUT2D eigenvalue weighted by atomic mass is 16.6. The maximum absolute atomic E-state index is 13.2. The lowest BCUT2D eigenvalue weighted by molar-refractivity contribution is -0.385. The van der Waals surface area contributed by atoms with Crippen molar-refractivity contribution in [3.8, 4) is 11.5 Å². The van der Waals surface area contributed by atoms with Gasteiger partial charge in [-0.05, 0) is 44.4 Å². The van der Waals surface area contributed by atoms with Crippen LogP contribution in [-0.2, 0) is 16.1 Å². The largest absolute Gasteiger partial charge is 0.490 e. The van der Waals surface area contributed by atoms with Gasteiger partial charge in [-0.25, -0.2) is 0 Å². The number of benzene rings is 2. The van der Waals surface area contributed by atoms with E-state index in [1.54, 1.807) is 0 Å². The van der Waals surface area contributed by atoms with E-state index in [2.05, 4.69) is 5.32 Å². The van der Waals surface area contributed by atoms with Crippen LogP contribution in [0.15, 0.2) is 42.5 Å². The molecule has 178 valence electrons. The summed E-state index contributed by atoms with van der Waals surface area (Å²) in [6, 6.07) is 11.0. The van der Waals surface area contributed by atoms with Crippen molar-refractivity contribution in [3.05, 3.63) is 63.7 Å². The zero-order valence-electron chi connectivity index (χ0n) is 19.7. The second-order valence-corrected chi connectivity index (χ2v) is 7.91. The van der Waals surface area contributed by atoms with Crippen LogP contribution in [0, 0.1) is 17.0 Å². The summed E-state index contributed by atoms with van der Waals surface area (Å²) in [7, 11) is 1.32. The Kier molecular flexibility index (Phi) is 9.20. The predicted molar refractivity (Wildman–Crippen MR) is 124 cm³/mol. The van der Waals surface area contributed by atoms with Crippen LogP contribution >= 0.6 is 0 Å². The molecule has 2 amide bonds. The van der Waals surface area contributed by atoms with Crippen LogP contribution in [-0.4, -0.2) is 47.4 Å². The number of methoxy groups -OCH3 is 1. The number of nitro groups is 1. The quantitative estimate of drug-likeness (QED) is 0.408. The molecule has 1 N–H and O–H groups in total. The molecule has 0 aromatic heterocycles. The summed E-state index contributed by atoms with van der Waals surface area (Å²) in [6.07, 6.45) is 0.432. The number of rotatable bonds is 11. The first-order chi connectivity index (χ1) is 15.7. The predicted octanol–water partition coefficient (Wildman–Crippen LogP) is 3.62. The highest BCUT2D eigenvalue weighted by Gasteiger charge is 2.29. The number of hydrogen-bond acceptors (Lipinski definition) is 6. The molecular formula is C24H31N3O6. The van der Waals surface area contributed by atoms with E-state index in [1.807, 2.05) is 52.0 Å². The van der Waals surface area contributed by atoms with Crippen LogP contribution in [0.4, 0.5) is 5.69 Å². The average Bonchev–Trinajstić information content (AvgIpc) is 2.77. The normalized spacial score (nSPS) is 11.6. The second-order valence-electron chi connectivity index (χ2n) is 7.91. The molecule has 0 bridgehead atoms. The van der Waals surface area contributed by atoms with Crippen molar-refractivity contribution in [1.82, 2.24) is 10.2 Å². The number of nitro benzene ring substituents is 1. The fourth-order valence-corrected chi connectivity index (χ4v) is 3.40. The van der Waals surface area contributed by atoms with E-state index in [1.165, 1.54) is 30.2 Å². The molecule has 2 rings (SSSR count). The molecule has 2 aromatic rings. The van der Waals surface area contributed by atoms with Gasteiger partial charge in [0.2, 0.25) is 11.7 Å². The van der Waals surface area contributed by atoms with E-state index in [0.29, 0.717) is 6.42 Å². The molecule has 0 heterocycles. The number of aryl methyl sites for hydroxylation is 1. The first-order valence-electron chi connectivity index (χ1n) is 10.8. The Morgan fingerprint density at radius 3 is 2.45 bits per heavy atom. The van der Waals surface area contributed by atoms with E-state index >= 15 is 0 Å². The van der Waals surface area contributed by atoms with Crippen LogP contribution in [0.25, 0.3) is 0 Å². The van der Waals surface area contributed by atoms with E-state index < -0.39 is 11.0 Å². The van der Waals surface area contributed by atoms with Gasteiger partial charge in [-0.2, -0.15) is 0 Å². The van der Waals surface area contributed by atoms with Crippen LogP contribution < -0.4 is 14.8 Å². The van der Waals surface area contributed by atoms with Crippen molar-refractivity contribution >= 4 is 17.5 Å². The zero-order valence-corrected chi connectivity index (χ0v) is 19.7. The SMILES string of the molecule is CC[C@@H](C(=O)NC(C)C)N(Cc1ccccc1C)C(=O)COc1ccc([N+](=O)[O-])c(OC)c1. The van der Waals surface area contributed by atoms with Gasteiger partial charge in [0.1, 0.15) is 11.8 Å². The Labute approximate surface area is 193 Å². The molecule has 0 aliphatic heterocycles. The van der Waals surface area contributed by atoms with Crippen molar-refractivity contribution in [2.75, 3.05) is 13.7 Å². The molecule has 0 aliphatic carbocycles. The summed E-state index contributed by atoms with van der Waals surface area (Å²) in [5.74, 6) is -0.321. The molecule has 0 radical (unpaired) electrons. The molecule has 0 saturated heterocycles. The molecule has 0 aliphatic rings. The van der Waals surface area contributed by atoms with Gasteiger partial charge in [-0.1, -0.05) is 31.2 Å². The van der Waals surface area contributed by atoms with Gasteiger partial charge >= 0.3 is 5.69 Å². The number of hydrogen-bond donors (Lipinski definition) is 1. The molecule has 33 heavy (non-hydrogen) atoms. The van der Waals surface area contributed by atoms with Crippen molar-refractivity contribution in [1.29, 1.82) is 0 Å². The lowest BCUT2D eigenvalue weighted by atomic mass is 10.1. The minimum absolute atomic E-state index is 0.0319. The molecule has 0 spiro atoms. The molecule has 0 saturated carbocycles. The lowest BCUT2D eigenvalue weighted by Crippen LogP contribution is -2.51.